The zero-order valence-electron chi connectivity index (χ0n) is 18.2. The minimum atomic E-state index is -0.253. The Labute approximate surface area is 186 Å². The molecule has 0 aliphatic heterocycles. The van der Waals surface area contributed by atoms with Gasteiger partial charge in [0.25, 0.3) is 5.78 Å². The van der Waals surface area contributed by atoms with Crippen molar-refractivity contribution in [2.24, 2.45) is 5.92 Å². The summed E-state index contributed by atoms with van der Waals surface area (Å²) < 4.78 is 7.12. The van der Waals surface area contributed by atoms with Crippen molar-refractivity contribution in [3.05, 3.63) is 47.0 Å². The highest BCUT2D eigenvalue weighted by Crippen LogP contribution is 2.32. The predicted octanol–water partition coefficient (Wildman–Crippen LogP) is 4.55. The van der Waals surface area contributed by atoms with Crippen molar-refractivity contribution in [3.63, 3.8) is 0 Å². The molecule has 1 aromatic carbocycles. The first-order valence-electron chi connectivity index (χ1n) is 10.5. The molecule has 0 saturated heterocycles. The van der Waals surface area contributed by atoms with Gasteiger partial charge < -0.3 is 15.0 Å². The summed E-state index contributed by atoms with van der Waals surface area (Å²) in [5.74, 6) is 0.852. The molecule has 31 heavy (non-hydrogen) atoms. The Morgan fingerprint density at radius 1 is 1.29 bits per heavy atom. The van der Waals surface area contributed by atoms with Gasteiger partial charge in [0.2, 0.25) is 11.2 Å². The molecule has 2 aromatic heterocycles. The lowest BCUT2D eigenvalue weighted by molar-refractivity contribution is -0.138. The minimum absolute atomic E-state index is 0.0153. The Morgan fingerprint density at radius 3 is 2.61 bits per heavy atom. The van der Waals surface area contributed by atoms with Crippen molar-refractivity contribution in [1.82, 2.24) is 24.5 Å². The van der Waals surface area contributed by atoms with Crippen LogP contribution in [0, 0.1) is 5.92 Å². The lowest BCUT2D eigenvalue weighted by Gasteiger charge is -2.33. The second kappa shape index (κ2) is 8.80. The van der Waals surface area contributed by atoms with Gasteiger partial charge >= 0.3 is 0 Å². The van der Waals surface area contributed by atoms with Gasteiger partial charge in [-0.15, -0.1) is 5.10 Å². The molecule has 2 atom stereocenters. The number of hydrogen-bond donors (Lipinski definition) is 1. The topological polar surface area (TPSA) is 84.6 Å². The summed E-state index contributed by atoms with van der Waals surface area (Å²) in [5.41, 5.74) is 3.50. The third-order valence-corrected chi connectivity index (χ3v) is 6.33. The molecule has 164 valence electrons. The van der Waals surface area contributed by atoms with Gasteiger partial charge in [-0.05, 0) is 56.0 Å². The summed E-state index contributed by atoms with van der Waals surface area (Å²) in [7, 11) is 3.52. The van der Waals surface area contributed by atoms with Gasteiger partial charge in [0.05, 0.1) is 29.7 Å². The van der Waals surface area contributed by atoms with Crippen LogP contribution in [0.25, 0.3) is 5.78 Å². The summed E-state index contributed by atoms with van der Waals surface area (Å²) in [6, 6.07) is 8.08. The van der Waals surface area contributed by atoms with Crippen LogP contribution in [-0.4, -0.2) is 44.5 Å². The maximum atomic E-state index is 12.6. The van der Waals surface area contributed by atoms with Crippen LogP contribution in [0.15, 0.2) is 30.5 Å². The first kappa shape index (κ1) is 21.5. The molecule has 1 amide bonds. The number of nitrogens with one attached hydrogen (secondary N) is 1. The van der Waals surface area contributed by atoms with E-state index in [2.05, 4.69) is 27.3 Å². The summed E-state index contributed by atoms with van der Waals surface area (Å²) in [4.78, 5) is 22.9. The lowest BCUT2D eigenvalue weighted by atomic mass is 9.84. The van der Waals surface area contributed by atoms with Crippen molar-refractivity contribution in [2.75, 3.05) is 19.5 Å². The minimum Gasteiger partial charge on any atom is -0.375 e. The molecule has 1 N–H and O–H groups in total. The summed E-state index contributed by atoms with van der Waals surface area (Å²) >= 11 is 5.97. The fourth-order valence-electron chi connectivity index (χ4n) is 3.78. The van der Waals surface area contributed by atoms with Gasteiger partial charge in [-0.1, -0.05) is 18.6 Å². The molecule has 1 saturated carbocycles. The first-order chi connectivity index (χ1) is 14.9. The van der Waals surface area contributed by atoms with Crippen molar-refractivity contribution in [2.45, 2.75) is 45.3 Å². The van der Waals surface area contributed by atoms with Crippen LogP contribution in [0.2, 0.25) is 5.28 Å². The molecule has 2 heterocycles. The van der Waals surface area contributed by atoms with E-state index in [4.69, 9.17) is 16.3 Å². The molecule has 0 bridgehead atoms. The second-order valence-corrected chi connectivity index (χ2v) is 8.37. The molecular weight excluding hydrogens is 416 g/mol. The number of methoxy groups -OCH3 is 1. The average molecular weight is 443 g/mol. The molecule has 9 heteroatoms. The van der Waals surface area contributed by atoms with Gasteiger partial charge in [0, 0.05) is 25.8 Å². The monoisotopic (exact) mass is 442 g/mol. The molecule has 1 aliphatic rings. The van der Waals surface area contributed by atoms with E-state index in [9.17, 15) is 4.79 Å². The van der Waals surface area contributed by atoms with Crippen LogP contribution < -0.4 is 5.32 Å². The number of benzene rings is 1. The number of hydrogen-bond acceptors (Lipinski definition) is 6. The van der Waals surface area contributed by atoms with Crippen LogP contribution in [-0.2, 0) is 9.53 Å². The molecule has 3 aromatic rings. The normalized spacial score (nSPS) is 16.0. The third kappa shape index (κ3) is 4.22. The number of ether oxygens (including phenoxy) is 1. The molecule has 0 radical (unpaired) electrons. The highest BCUT2D eigenvalue weighted by Gasteiger charge is 2.30. The molecule has 1 aliphatic carbocycles. The van der Waals surface area contributed by atoms with Crippen molar-refractivity contribution >= 4 is 34.7 Å². The summed E-state index contributed by atoms with van der Waals surface area (Å²) in [6.07, 6.45) is 4.63. The molecule has 0 spiro atoms. The lowest BCUT2D eigenvalue weighted by Crippen LogP contribution is -2.37. The summed E-state index contributed by atoms with van der Waals surface area (Å²) in [5, 5.41) is 7.76. The number of carbonyl (C=O) groups excluding carboxylic acids is 1. The van der Waals surface area contributed by atoms with E-state index in [-0.39, 0.29) is 29.3 Å². The Balaban J connectivity index is 1.55. The van der Waals surface area contributed by atoms with Gasteiger partial charge in [0.1, 0.15) is 0 Å². The van der Waals surface area contributed by atoms with Gasteiger partial charge in [-0.3, -0.25) is 4.79 Å². The Hall–Kier alpha value is -2.71. The van der Waals surface area contributed by atoms with Gasteiger partial charge in [-0.25, -0.2) is 4.98 Å². The Bertz CT molecular complexity index is 1080. The standard InChI is InChI=1S/C22H27ClN6O2/c1-13(28(3)20(30)16-6-5-7-16)15-8-10-17(11-9-15)25-18-12-24-22-26-21(23)27-29(22)19(18)14(2)31-4/h8-14,16,25H,5-7H2,1-4H3/t13?,14-/m0/s1. The van der Waals surface area contributed by atoms with Crippen LogP contribution in [0.3, 0.4) is 0 Å². The van der Waals surface area contributed by atoms with Crippen LogP contribution in [0.5, 0.6) is 0 Å². The van der Waals surface area contributed by atoms with Crippen LogP contribution in [0.1, 0.15) is 56.5 Å². The van der Waals surface area contributed by atoms with Crippen molar-refractivity contribution < 1.29 is 9.53 Å². The van der Waals surface area contributed by atoms with E-state index in [0.717, 1.165) is 41.9 Å². The fourth-order valence-corrected chi connectivity index (χ4v) is 3.94. The van der Waals surface area contributed by atoms with E-state index in [1.54, 1.807) is 17.8 Å². The van der Waals surface area contributed by atoms with Crippen LogP contribution >= 0.6 is 11.6 Å². The highest BCUT2D eigenvalue weighted by molar-refractivity contribution is 6.28. The number of fused-ring (bicyclic) bond motifs is 1. The number of amides is 1. The SMILES string of the molecule is CO[C@@H](C)c1c(Nc2ccc(C(C)N(C)C(=O)C3CCC3)cc2)cnc2nc(Cl)nn12. The molecular formula is C22H27ClN6O2. The average Bonchev–Trinajstić information content (AvgIpc) is 3.11. The molecule has 8 nitrogen and oxygen atoms in total. The number of rotatable bonds is 7. The Morgan fingerprint density at radius 2 is 2.00 bits per heavy atom. The van der Waals surface area contributed by atoms with E-state index >= 15 is 0 Å². The zero-order chi connectivity index (χ0) is 22.1. The van der Waals surface area contributed by atoms with Gasteiger partial charge in [0.15, 0.2) is 0 Å². The number of aromatic nitrogens is 4. The zero-order valence-corrected chi connectivity index (χ0v) is 18.9. The quantitative estimate of drug-likeness (QED) is 0.577. The highest BCUT2D eigenvalue weighted by atomic mass is 35.5. The van der Waals surface area contributed by atoms with Gasteiger partial charge in [-0.2, -0.15) is 9.50 Å². The second-order valence-electron chi connectivity index (χ2n) is 8.03. The molecule has 4 rings (SSSR count). The maximum absolute atomic E-state index is 12.6. The molecule has 1 unspecified atom stereocenters. The van der Waals surface area contributed by atoms with Crippen molar-refractivity contribution in [3.8, 4) is 0 Å². The number of nitrogens with zero attached hydrogens (tertiary/aromatic N) is 5. The van der Waals surface area contributed by atoms with E-state index < -0.39 is 0 Å². The number of halogens is 1. The fraction of sp³-hybridized carbons (Fsp3) is 0.455. The largest absolute Gasteiger partial charge is 0.375 e. The summed E-state index contributed by atoms with van der Waals surface area (Å²) in [6.45, 7) is 3.99. The molecule has 1 fully saturated rings. The Kier molecular flexibility index (Phi) is 6.11. The third-order valence-electron chi connectivity index (χ3n) is 6.17. The number of anilines is 2. The smallest absolute Gasteiger partial charge is 0.253 e. The maximum Gasteiger partial charge on any atom is 0.253 e. The predicted molar refractivity (Wildman–Crippen MR) is 119 cm³/mol. The first-order valence-corrected chi connectivity index (χ1v) is 10.8. The van der Waals surface area contributed by atoms with E-state index in [1.807, 2.05) is 43.1 Å². The van der Waals surface area contributed by atoms with E-state index in [0.29, 0.717) is 5.78 Å². The van der Waals surface area contributed by atoms with Crippen molar-refractivity contribution in [1.29, 1.82) is 0 Å². The van der Waals surface area contributed by atoms with E-state index in [1.165, 1.54) is 0 Å². The number of carbonyl (C=O) groups is 1. The van der Waals surface area contributed by atoms with Crippen LogP contribution in [0.4, 0.5) is 11.4 Å².